The Morgan fingerprint density at radius 2 is 1.64 bits per heavy atom. The van der Waals surface area contributed by atoms with Crippen LogP contribution in [0.3, 0.4) is 0 Å². The SMILES string of the molecule is CCCOc1ccc(N2C(=O)[C@@H]3[C@@H](C2=O)[C@H]2C=C[C@@H]3O2)cc1. The maximum atomic E-state index is 12.6. The lowest BCUT2D eigenvalue weighted by Crippen LogP contribution is -2.34. The van der Waals surface area contributed by atoms with E-state index in [9.17, 15) is 9.59 Å². The molecule has 4 rings (SSSR count). The largest absolute Gasteiger partial charge is 0.494 e. The third-order valence-corrected chi connectivity index (χ3v) is 4.48. The number of carbonyl (C=O) groups excluding carboxylic acids is 2. The van der Waals surface area contributed by atoms with Gasteiger partial charge in [-0.15, -0.1) is 0 Å². The molecule has 2 fully saturated rings. The van der Waals surface area contributed by atoms with Gasteiger partial charge in [-0.05, 0) is 30.7 Å². The topological polar surface area (TPSA) is 55.8 Å². The van der Waals surface area contributed by atoms with E-state index in [0.717, 1.165) is 12.2 Å². The number of benzene rings is 1. The van der Waals surface area contributed by atoms with Gasteiger partial charge in [0.2, 0.25) is 11.8 Å². The zero-order valence-corrected chi connectivity index (χ0v) is 12.3. The smallest absolute Gasteiger partial charge is 0.240 e. The predicted molar refractivity (Wildman–Crippen MR) is 79.5 cm³/mol. The van der Waals surface area contributed by atoms with Crippen molar-refractivity contribution in [3.8, 4) is 5.75 Å². The minimum atomic E-state index is -0.362. The number of ether oxygens (including phenoxy) is 2. The number of carbonyl (C=O) groups is 2. The summed E-state index contributed by atoms with van der Waals surface area (Å²) in [6, 6.07) is 7.11. The molecule has 3 aliphatic rings. The van der Waals surface area contributed by atoms with Crippen molar-refractivity contribution in [3.63, 3.8) is 0 Å². The Hall–Kier alpha value is -2.14. The third-order valence-electron chi connectivity index (χ3n) is 4.48. The van der Waals surface area contributed by atoms with Crippen LogP contribution in [0.25, 0.3) is 0 Å². The van der Waals surface area contributed by atoms with Gasteiger partial charge in [0.15, 0.2) is 0 Å². The summed E-state index contributed by atoms with van der Waals surface area (Å²) in [7, 11) is 0. The van der Waals surface area contributed by atoms with E-state index in [4.69, 9.17) is 9.47 Å². The molecule has 0 aromatic heterocycles. The Morgan fingerprint density at radius 1 is 1.05 bits per heavy atom. The molecule has 2 saturated heterocycles. The number of anilines is 1. The van der Waals surface area contributed by atoms with Crippen LogP contribution in [0.2, 0.25) is 0 Å². The molecule has 3 heterocycles. The number of hydrogen-bond donors (Lipinski definition) is 0. The average molecular weight is 299 g/mol. The van der Waals surface area contributed by atoms with Crippen molar-refractivity contribution < 1.29 is 19.1 Å². The Labute approximate surface area is 128 Å². The molecular weight excluding hydrogens is 282 g/mol. The van der Waals surface area contributed by atoms with Gasteiger partial charge in [0.1, 0.15) is 5.75 Å². The molecule has 0 spiro atoms. The number of fused-ring (bicyclic) bond motifs is 5. The number of amides is 2. The van der Waals surface area contributed by atoms with Gasteiger partial charge >= 0.3 is 0 Å². The van der Waals surface area contributed by atoms with Crippen LogP contribution < -0.4 is 9.64 Å². The number of hydrogen-bond acceptors (Lipinski definition) is 4. The summed E-state index contributed by atoms with van der Waals surface area (Å²) in [6.45, 7) is 2.69. The van der Waals surface area contributed by atoms with Crippen molar-refractivity contribution in [1.29, 1.82) is 0 Å². The van der Waals surface area contributed by atoms with Crippen molar-refractivity contribution in [2.75, 3.05) is 11.5 Å². The monoisotopic (exact) mass is 299 g/mol. The molecule has 0 saturated carbocycles. The molecule has 0 unspecified atom stereocenters. The molecule has 5 nitrogen and oxygen atoms in total. The highest BCUT2D eigenvalue weighted by molar-refractivity contribution is 6.23. The Balaban J connectivity index is 1.58. The second-order valence-corrected chi connectivity index (χ2v) is 5.86. The number of rotatable bonds is 4. The first kappa shape index (κ1) is 13.5. The number of imide groups is 1. The summed E-state index contributed by atoms with van der Waals surface area (Å²) in [4.78, 5) is 26.5. The lowest BCUT2D eigenvalue weighted by molar-refractivity contribution is -0.124. The second kappa shape index (κ2) is 4.95. The summed E-state index contributed by atoms with van der Waals surface area (Å²) in [5.41, 5.74) is 0.604. The fourth-order valence-corrected chi connectivity index (χ4v) is 3.47. The molecule has 3 aliphatic heterocycles. The van der Waals surface area contributed by atoms with Crippen molar-refractivity contribution in [1.82, 2.24) is 0 Å². The molecule has 4 atom stereocenters. The normalized spacial score (nSPS) is 32.0. The van der Waals surface area contributed by atoms with E-state index < -0.39 is 0 Å². The molecule has 114 valence electrons. The van der Waals surface area contributed by atoms with Gasteiger partial charge in [-0.2, -0.15) is 0 Å². The average Bonchev–Trinajstić information content (AvgIpc) is 3.20. The van der Waals surface area contributed by atoms with Gasteiger partial charge in [-0.3, -0.25) is 9.59 Å². The summed E-state index contributed by atoms with van der Waals surface area (Å²) in [6.07, 6.45) is 4.22. The molecule has 2 bridgehead atoms. The van der Waals surface area contributed by atoms with E-state index in [0.29, 0.717) is 12.3 Å². The van der Waals surface area contributed by atoms with Crippen LogP contribution >= 0.6 is 0 Å². The van der Waals surface area contributed by atoms with Crippen LogP contribution in [0.1, 0.15) is 13.3 Å². The van der Waals surface area contributed by atoms with Crippen LogP contribution in [0.15, 0.2) is 36.4 Å². The van der Waals surface area contributed by atoms with Crippen LogP contribution in [0.5, 0.6) is 5.75 Å². The fraction of sp³-hybridized carbons (Fsp3) is 0.412. The molecule has 1 aromatic carbocycles. The highest BCUT2D eigenvalue weighted by Gasteiger charge is 2.60. The van der Waals surface area contributed by atoms with Crippen molar-refractivity contribution >= 4 is 17.5 Å². The maximum Gasteiger partial charge on any atom is 0.240 e. The summed E-state index contributed by atoms with van der Waals surface area (Å²) >= 11 is 0. The summed E-state index contributed by atoms with van der Waals surface area (Å²) in [5, 5.41) is 0. The molecule has 1 aromatic rings. The minimum Gasteiger partial charge on any atom is -0.494 e. The Morgan fingerprint density at radius 3 is 2.18 bits per heavy atom. The third kappa shape index (κ3) is 1.82. The lowest BCUT2D eigenvalue weighted by atomic mass is 9.85. The second-order valence-electron chi connectivity index (χ2n) is 5.86. The summed E-state index contributed by atoms with van der Waals surface area (Å²) in [5.74, 6) is -0.296. The molecule has 0 N–H and O–H groups in total. The molecule has 0 radical (unpaired) electrons. The van der Waals surface area contributed by atoms with Crippen molar-refractivity contribution in [2.45, 2.75) is 25.6 Å². The van der Waals surface area contributed by atoms with E-state index >= 15 is 0 Å². The highest BCUT2D eigenvalue weighted by Crippen LogP contribution is 2.46. The molecular formula is C17H17NO4. The van der Waals surface area contributed by atoms with Crippen molar-refractivity contribution in [3.05, 3.63) is 36.4 Å². The fourth-order valence-electron chi connectivity index (χ4n) is 3.47. The predicted octanol–water partition coefficient (Wildman–Crippen LogP) is 1.92. The van der Waals surface area contributed by atoms with Crippen LogP contribution in [-0.2, 0) is 14.3 Å². The van der Waals surface area contributed by atoms with Crippen LogP contribution in [-0.4, -0.2) is 30.6 Å². The quantitative estimate of drug-likeness (QED) is 0.629. The Bertz CT molecular complexity index is 621. The van der Waals surface area contributed by atoms with E-state index in [1.807, 2.05) is 19.1 Å². The lowest BCUT2D eigenvalue weighted by Gasteiger charge is -2.18. The van der Waals surface area contributed by atoms with Crippen molar-refractivity contribution in [2.24, 2.45) is 11.8 Å². The standard InChI is InChI=1S/C17H17NO4/c1-2-9-21-11-5-3-10(4-6-11)18-16(19)14-12-7-8-13(22-12)15(14)17(18)20/h3-8,12-15H,2,9H2,1H3/t12-,13+,14-,15-/m0/s1. The first-order valence-electron chi connectivity index (χ1n) is 7.65. The van der Waals surface area contributed by atoms with Gasteiger partial charge in [0.25, 0.3) is 0 Å². The molecule has 0 aliphatic carbocycles. The molecule has 2 amide bonds. The van der Waals surface area contributed by atoms with Gasteiger partial charge in [-0.1, -0.05) is 19.1 Å². The van der Waals surface area contributed by atoms with E-state index in [1.54, 1.807) is 24.3 Å². The first-order valence-corrected chi connectivity index (χ1v) is 7.65. The highest BCUT2D eigenvalue weighted by atomic mass is 16.5. The molecule has 5 heteroatoms. The van der Waals surface area contributed by atoms with Gasteiger partial charge < -0.3 is 9.47 Å². The first-order chi connectivity index (χ1) is 10.7. The van der Waals surface area contributed by atoms with Gasteiger partial charge in [0.05, 0.1) is 36.3 Å². The minimum absolute atomic E-state index is 0.158. The Kier molecular flexibility index (Phi) is 3.04. The van der Waals surface area contributed by atoms with Gasteiger partial charge in [0, 0.05) is 0 Å². The zero-order chi connectivity index (χ0) is 15.3. The number of nitrogens with zero attached hydrogens (tertiary/aromatic N) is 1. The van der Waals surface area contributed by atoms with Crippen LogP contribution in [0, 0.1) is 11.8 Å². The van der Waals surface area contributed by atoms with E-state index in [1.165, 1.54) is 4.90 Å². The van der Waals surface area contributed by atoms with Gasteiger partial charge in [-0.25, -0.2) is 4.90 Å². The van der Waals surface area contributed by atoms with E-state index in [-0.39, 0.29) is 35.9 Å². The van der Waals surface area contributed by atoms with Crippen LogP contribution in [0.4, 0.5) is 5.69 Å². The zero-order valence-electron chi connectivity index (χ0n) is 12.3. The molecule has 22 heavy (non-hydrogen) atoms. The maximum absolute atomic E-state index is 12.6. The summed E-state index contributed by atoms with van der Waals surface area (Å²) < 4.78 is 11.2. The van der Waals surface area contributed by atoms with E-state index in [2.05, 4.69) is 0 Å².